The second kappa shape index (κ2) is 7.46. The summed E-state index contributed by atoms with van der Waals surface area (Å²) in [6, 6.07) is 10.7. The van der Waals surface area contributed by atoms with Crippen molar-refractivity contribution in [3.8, 4) is 0 Å². The third-order valence-corrected chi connectivity index (χ3v) is 4.78. The lowest BCUT2D eigenvalue weighted by molar-refractivity contribution is 0.445. The molecule has 0 aliphatic carbocycles. The zero-order valence-electron chi connectivity index (χ0n) is 11.7. The molecule has 1 N–H and O–H groups in total. The third kappa shape index (κ3) is 4.23. The van der Waals surface area contributed by atoms with Crippen LogP contribution in [0.3, 0.4) is 0 Å². The number of nitrogens with one attached hydrogen (secondary N) is 1. The van der Waals surface area contributed by atoms with Crippen LogP contribution in [0.5, 0.6) is 0 Å². The van der Waals surface area contributed by atoms with Crippen molar-refractivity contribution in [2.45, 2.75) is 38.8 Å². The van der Waals surface area contributed by atoms with Gasteiger partial charge in [-0.05, 0) is 48.9 Å². The molecule has 1 nitrogen and oxygen atoms in total. The average Bonchev–Trinajstić information content (AvgIpc) is 2.89. The Morgan fingerprint density at radius 2 is 2.05 bits per heavy atom. The van der Waals surface area contributed by atoms with Crippen molar-refractivity contribution in [1.82, 2.24) is 5.32 Å². The highest BCUT2D eigenvalue weighted by molar-refractivity contribution is 7.09. The minimum atomic E-state index is 0.259. The van der Waals surface area contributed by atoms with Crippen molar-refractivity contribution in [2.75, 3.05) is 0 Å². The molecule has 0 saturated heterocycles. The van der Waals surface area contributed by atoms with Gasteiger partial charge >= 0.3 is 0 Å². The Morgan fingerprint density at radius 3 is 2.65 bits per heavy atom. The number of benzene rings is 1. The third-order valence-electron chi connectivity index (χ3n) is 3.32. The Bertz CT molecular complexity index is 539. The molecule has 0 amide bonds. The lowest BCUT2D eigenvalue weighted by Gasteiger charge is -2.23. The molecule has 1 aromatic heterocycles. The molecule has 4 heteroatoms. The predicted octanol–water partition coefficient (Wildman–Crippen LogP) is 5.73. The van der Waals surface area contributed by atoms with Gasteiger partial charge < -0.3 is 5.32 Å². The maximum absolute atomic E-state index is 6.31. The fraction of sp³-hybridized carbons (Fsp3) is 0.375. The van der Waals surface area contributed by atoms with E-state index in [0.29, 0.717) is 11.1 Å². The van der Waals surface area contributed by atoms with E-state index in [-0.39, 0.29) is 6.04 Å². The molecule has 2 rings (SSSR count). The summed E-state index contributed by atoms with van der Waals surface area (Å²) in [7, 11) is 0. The van der Waals surface area contributed by atoms with Crippen molar-refractivity contribution < 1.29 is 0 Å². The van der Waals surface area contributed by atoms with Gasteiger partial charge in [0.1, 0.15) is 0 Å². The molecule has 0 saturated carbocycles. The second-order valence-corrected chi connectivity index (χ2v) is 6.85. The van der Waals surface area contributed by atoms with E-state index in [9.17, 15) is 0 Å². The maximum atomic E-state index is 6.31. The van der Waals surface area contributed by atoms with Crippen LogP contribution in [-0.2, 0) is 6.42 Å². The van der Waals surface area contributed by atoms with Crippen molar-refractivity contribution in [2.24, 2.45) is 0 Å². The summed E-state index contributed by atoms with van der Waals surface area (Å²) in [6.45, 7) is 4.38. The van der Waals surface area contributed by atoms with E-state index in [2.05, 4.69) is 36.7 Å². The van der Waals surface area contributed by atoms with Gasteiger partial charge in [0.15, 0.2) is 0 Å². The minimum absolute atomic E-state index is 0.259. The fourth-order valence-corrected chi connectivity index (χ4v) is 3.72. The lowest BCUT2D eigenvalue weighted by atomic mass is 10.0. The Hall–Kier alpha value is -0.540. The summed E-state index contributed by atoms with van der Waals surface area (Å²) in [5, 5.41) is 7.20. The van der Waals surface area contributed by atoms with Crippen molar-refractivity contribution in [3.63, 3.8) is 0 Å². The highest BCUT2D eigenvalue weighted by Gasteiger charge is 2.16. The molecule has 0 aliphatic heterocycles. The Balaban J connectivity index is 2.04. The normalized spacial score (nSPS) is 14.2. The zero-order valence-corrected chi connectivity index (χ0v) is 14.0. The topological polar surface area (TPSA) is 12.0 Å². The lowest BCUT2D eigenvalue weighted by Crippen LogP contribution is -2.31. The summed E-state index contributed by atoms with van der Waals surface area (Å²) in [5.41, 5.74) is 1.12. The van der Waals surface area contributed by atoms with Gasteiger partial charge in [-0.25, -0.2) is 0 Å². The van der Waals surface area contributed by atoms with Crippen LogP contribution in [0, 0.1) is 0 Å². The molecule has 0 fully saturated rings. The van der Waals surface area contributed by atoms with E-state index in [1.165, 1.54) is 4.88 Å². The second-order valence-electron chi connectivity index (χ2n) is 4.98. The van der Waals surface area contributed by atoms with Crippen LogP contribution in [0.25, 0.3) is 0 Å². The zero-order chi connectivity index (χ0) is 14.5. The molecule has 0 bridgehead atoms. The number of halogens is 2. The van der Waals surface area contributed by atoms with Gasteiger partial charge in [0.05, 0.1) is 0 Å². The van der Waals surface area contributed by atoms with E-state index < -0.39 is 0 Å². The van der Waals surface area contributed by atoms with E-state index in [1.54, 1.807) is 11.3 Å². The number of rotatable bonds is 6. The quantitative estimate of drug-likeness (QED) is 0.714. The van der Waals surface area contributed by atoms with E-state index in [0.717, 1.165) is 23.4 Å². The molecule has 20 heavy (non-hydrogen) atoms. The monoisotopic (exact) mass is 327 g/mol. The summed E-state index contributed by atoms with van der Waals surface area (Å²) in [5.74, 6) is 0. The van der Waals surface area contributed by atoms with Crippen molar-refractivity contribution in [1.29, 1.82) is 0 Å². The maximum Gasteiger partial charge on any atom is 0.0468 e. The fourth-order valence-electron chi connectivity index (χ4n) is 2.34. The first kappa shape index (κ1) is 15.8. The predicted molar refractivity (Wildman–Crippen MR) is 90.1 cm³/mol. The molecular weight excluding hydrogens is 309 g/mol. The van der Waals surface area contributed by atoms with Crippen LogP contribution in [0.15, 0.2) is 35.7 Å². The molecule has 0 radical (unpaired) electrons. The summed E-state index contributed by atoms with van der Waals surface area (Å²) < 4.78 is 0. The van der Waals surface area contributed by atoms with E-state index in [1.807, 2.05) is 18.2 Å². The Labute approximate surface area is 134 Å². The molecule has 1 aromatic carbocycles. The van der Waals surface area contributed by atoms with Gasteiger partial charge in [0.25, 0.3) is 0 Å². The van der Waals surface area contributed by atoms with E-state index >= 15 is 0 Å². The van der Waals surface area contributed by atoms with Gasteiger partial charge in [-0.15, -0.1) is 11.3 Å². The van der Waals surface area contributed by atoms with Crippen LogP contribution in [0.2, 0.25) is 10.0 Å². The highest BCUT2D eigenvalue weighted by atomic mass is 35.5. The molecule has 2 unspecified atom stereocenters. The van der Waals surface area contributed by atoms with Crippen molar-refractivity contribution >= 4 is 34.5 Å². The summed E-state index contributed by atoms with van der Waals surface area (Å²) in [4.78, 5) is 1.40. The summed E-state index contributed by atoms with van der Waals surface area (Å²) in [6.07, 6.45) is 2.04. The SMILES string of the molecule is CCC(NC(C)Cc1cccs1)c1ccc(Cl)cc1Cl. The standard InChI is InChI=1S/C16H19Cl2NS/c1-3-16(14-7-6-12(17)10-15(14)18)19-11(2)9-13-5-4-8-20-13/h4-8,10-11,16,19H,3,9H2,1-2H3. The number of hydrogen-bond donors (Lipinski definition) is 1. The van der Waals surface area contributed by atoms with Crippen LogP contribution in [-0.4, -0.2) is 6.04 Å². The molecule has 2 aromatic rings. The highest BCUT2D eigenvalue weighted by Crippen LogP contribution is 2.28. The van der Waals surface area contributed by atoms with Gasteiger partial charge in [0.2, 0.25) is 0 Å². The molecule has 108 valence electrons. The van der Waals surface area contributed by atoms with Crippen LogP contribution < -0.4 is 5.32 Å². The van der Waals surface area contributed by atoms with Gasteiger partial charge in [-0.3, -0.25) is 0 Å². The van der Waals surface area contributed by atoms with Gasteiger partial charge in [-0.1, -0.05) is 42.3 Å². The Morgan fingerprint density at radius 1 is 1.25 bits per heavy atom. The summed E-state index contributed by atoms with van der Waals surface area (Å²) >= 11 is 14.1. The van der Waals surface area contributed by atoms with Crippen LogP contribution in [0.4, 0.5) is 0 Å². The smallest absolute Gasteiger partial charge is 0.0468 e. The first-order chi connectivity index (χ1) is 9.60. The number of hydrogen-bond acceptors (Lipinski definition) is 2. The number of thiophene rings is 1. The Kier molecular flexibility index (Phi) is 5.91. The largest absolute Gasteiger partial charge is 0.307 e. The molecule has 0 spiro atoms. The molecule has 0 aliphatic rings. The average molecular weight is 328 g/mol. The molecular formula is C16H19Cl2NS. The minimum Gasteiger partial charge on any atom is -0.307 e. The molecule has 1 heterocycles. The molecule has 2 atom stereocenters. The van der Waals surface area contributed by atoms with Crippen LogP contribution in [0.1, 0.15) is 36.8 Å². The van der Waals surface area contributed by atoms with Gasteiger partial charge in [0, 0.05) is 27.0 Å². The van der Waals surface area contributed by atoms with E-state index in [4.69, 9.17) is 23.2 Å². The van der Waals surface area contributed by atoms with Crippen molar-refractivity contribution in [3.05, 3.63) is 56.2 Å². The van der Waals surface area contributed by atoms with Gasteiger partial charge in [-0.2, -0.15) is 0 Å². The van der Waals surface area contributed by atoms with Crippen LogP contribution >= 0.6 is 34.5 Å². The first-order valence-corrected chi connectivity index (χ1v) is 8.47. The first-order valence-electron chi connectivity index (χ1n) is 6.83.